The van der Waals surface area contributed by atoms with E-state index in [4.69, 9.17) is 0 Å². The molecule has 0 radical (unpaired) electrons. The van der Waals surface area contributed by atoms with Crippen LogP contribution in [-0.2, 0) is 21.2 Å². The molecule has 0 spiro atoms. The van der Waals surface area contributed by atoms with Gasteiger partial charge in [-0.3, -0.25) is 4.79 Å². The third kappa shape index (κ3) is 4.61. The zero-order chi connectivity index (χ0) is 16.9. The molecule has 0 heterocycles. The van der Waals surface area contributed by atoms with Gasteiger partial charge in [0.15, 0.2) is 0 Å². The average Bonchev–Trinajstić information content (AvgIpc) is 2.54. The van der Waals surface area contributed by atoms with Crippen molar-refractivity contribution in [3.05, 3.63) is 66.0 Å². The minimum absolute atomic E-state index is 0.0964. The lowest BCUT2D eigenvalue weighted by Gasteiger charge is -2.17. The van der Waals surface area contributed by atoms with E-state index in [0.717, 1.165) is 29.8 Å². The van der Waals surface area contributed by atoms with Crippen LogP contribution in [0.2, 0.25) is 0 Å². The first-order valence-electron chi connectivity index (χ1n) is 6.96. The van der Waals surface area contributed by atoms with E-state index in [1.807, 2.05) is 30.3 Å². The first-order chi connectivity index (χ1) is 10.9. The predicted octanol–water partition coefficient (Wildman–Crippen LogP) is 1.46. The van der Waals surface area contributed by atoms with Crippen LogP contribution in [0.15, 0.2) is 59.5 Å². The second-order valence-corrected chi connectivity index (χ2v) is 6.65. The van der Waals surface area contributed by atoms with E-state index in [1.54, 1.807) is 0 Å². The van der Waals surface area contributed by atoms with Gasteiger partial charge in [0.25, 0.3) is 0 Å². The number of carbonyl (C=O) groups is 1. The molecule has 2 rings (SSSR count). The van der Waals surface area contributed by atoms with Crippen molar-refractivity contribution < 1.29 is 17.6 Å². The number of benzene rings is 2. The fourth-order valence-electron chi connectivity index (χ4n) is 2.08. The Hall–Kier alpha value is -2.25. The quantitative estimate of drug-likeness (QED) is 0.839. The SMILES string of the molecule is CNC(=O)[C@@H](Cc1ccccc1)NS(=O)(=O)c1ccc(F)cc1. The molecule has 2 N–H and O–H groups in total. The molecule has 0 saturated carbocycles. The van der Waals surface area contributed by atoms with E-state index in [1.165, 1.54) is 7.05 Å². The molecule has 5 nitrogen and oxygen atoms in total. The van der Waals surface area contributed by atoms with Crippen molar-refractivity contribution in [3.63, 3.8) is 0 Å². The lowest BCUT2D eigenvalue weighted by atomic mass is 10.1. The standard InChI is InChI=1S/C16H17FN2O3S/c1-18-16(20)15(11-12-5-3-2-4-6-12)19-23(21,22)14-9-7-13(17)8-10-14/h2-10,15,19H,11H2,1H3,(H,18,20)/t15-/m1/s1. The molecule has 1 amide bonds. The maximum atomic E-state index is 12.9. The Labute approximate surface area is 134 Å². The van der Waals surface area contributed by atoms with Crippen molar-refractivity contribution >= 4 is 15.9 Å². The Balaban J connectivity index is 2.23. The number of nitrogens with one attached hydrogen (secondary N) is 2. The molecule has 2 aromatic rings. The normalized spacial score (nSPS) is 12.6. The van der Waals surface area contributed by atoms with Crippen LogP contribution >= 0.6 is 0 Å². The van der Waals surface area contributed by atoms with Crippen molar-refractivity contribution in [1.82, 2.24) is 10.0 Å². The summed E-state index contributed by atoms with van der Waals surface area (Å²) in [6.45, 7) is 0. The number of carbonyl (C=O) groups excluding carboxylic acids is 1. The third-order valence-electron chi connectivity index (χ3n) is 3.27. The fraction of sp³-hybridized carbons (Fsp3) is 0.188. The minimum atomic E-state index is -3.93. The van der Waals surface area contributed by atoms with Gasteiger partial charge in [0.05, 0.1) is 4.90 Å². The molecule has 0 aromatic heterocycles. The van der Waals surface area contributed by atoms with E-state index in [-0.39, 0.29) is 11.3 Å². The lowest BCUT2D eigenvalue weighted by molar-refractivity contribution is -0.122. The van der Waals surface area contributed by atoms with Gasteiger partial charge in [-0.15, -0.1) is 0 Å². The molecule has 0 saturated heterocycles. The van der Waals surface area contributed by atoms with Gasteiger partial charge < -0.3 is 5.32 Å². The van der Waals surface area contributed by atoms with E-state index >= 15 is 0 Å². The van der Waals surface area contributed by atoms with Crippen LogP contribution in [0.4, 0.5) is 4.39 Å². The number of halogens is 1. The van der Waals surface area contributed by atoms with Gasteiger partial charge in [0, 0.05) is 7.05 Å². The lowest BCUT2D eigenvalue weighted by Crippen LogP contribution is -2.46. The summed E-state index contributed by atoms with van der Waals surface area (Å²) in [6.07, 6.45) is 0.209. The number of hydrogen-bond donors (Lipinski definition) is 2. The second-order valence-electron chi connectivity index (χ2n) is 4.93. The highest BCUT2D eigenvalue weighted by Gasteiger charge is 2.25. The molecule has 0 unspecified atom stereocenters. The van der Waals surface area contributed by atoms with Crippen LogP contribution < -0.4 is 10.0 Å². The van der Waals surface area contributed by atoms with Crippen LogP contribution in [0.1, 0.15) is 5.56 Å². The summed E-state index contributed by atoms with van der Waals surface area (Å²) in [6, 6.07) is 12.5. The van der Waals surface area contributed by atoms with Crippen LogP contribution in [0.25, 0.3) is 0 Å². The number of hydrogen-bond acceptors (Lipinski definition) is 3. The summed E-state index contributed by atoms with van der Waals surface area (Å²) in [4.78, 5) is 11.9. The highest BCUT2D eigenvalue weighted by Crippen LogP contribution is 2.12. The van der Waals surface area contributed by atoms with Crippen molar-refractivity contribution in [2.75, 3.05) is 7.05 Å². The summed E-state index contributed by atoms with van der Waals surface area (Å²) in [5.74, 6) is -0.976. The van der Waals surface area contributed by atoms with Crippen LogP contribution in [0.5, 0.6) is 0 Å². The molecule has 0 fully saturated rings. The van der Waals surface area contributed by atoms with Crippen LogP contribution in [-0.4, -0.2) is 27.4 Å². The Bertz CT molecular complexity index is 762. The van der Waals surface area contributed by atoms with Gasteiger partial charge in [-0.05, 0) is 36.2 Å². The summed E-state index contributed by atoms with van der Waals surface area (Å²) < 4.78 is 40.0. The van der Waals surface area contributed by atoms with Gasteiger partial charge in [-0.2, -0.15) is 4.72 Å². The number of sulfonamides is 1. The van der Waals surface area contributed by atoms with Crippen LogP contribution in [0.3, 0.4) is 0 Å². The summed E-state index contributed by atoms with van der Waals surface area (Å²) >= 11 is 0. The second kappa shape index (κ2) is 7.34. The molecule has 0 aliphatic carbocycles. The molecule has 7 heteroatoms. The first-order valence-corrected chi connectivity index (χ1v) is 8.44. The van der Waals surface area contributed by atoms with Gasteiger partial charge in [-0.1, -0.05) is 30.3 Å². The average molecular weight is 336 g/mol. The molecule has 2 aromatic carbocycles. The van der Waals surface area contributed by atoms with Crippen LogP contribution in [0, 0.1) is 5.82 Å². The summed E-state index contributed by atoms with van der Waals surface area (Å²) in [7, 11) is -2.49. The molecule has 122 valence electrons. The zero-order valence-corrected chi connectivity index (χ0v) is 13.3. The number of rotatable bonds is 6. The predicted molar refractivity (Wildman–Crippen MR) is 84.7 cm³/mol. The molecule has 0 bridgehead atoms. The molecular weight excluding hydrogens is 319 g/mol. The smallest absolute Gasteiger partial charge is 0.241 e. The van der Waals surface area contributed by atoms with Gasteiger partial charge in [0.2, 0.25) is 15.9 Å². The Kier molecular flexibility index (Phi) is 5.46. The minimum Gasteiger partial charge on any atom is -0.358 e. The molecule has 23 heavy (non-hydrogen) atoms. The van der Waals surface area contributed by atoms with Crippen molar-refractivity contribution in [1.29, 1.82) is 0 Å². The molecule has 1 atom stereocenters. The first kappa shape index (κ1) is 17.1. The zero-order valence-electron chi connectivity index (χ0n) is 12.5. The highest BCUT2D eigenvalue weighted by molar-refractivity contribution is 7.89. The molecule has 0 aliphatic heterocycles. The number of likely N-dealkylation sites (N-methyl/N-ethyl adjacent to an activating group) is 1. The van der Waals surface area contributed by atoms with E-state index in [0.29, 0.717) is 0 Å². The monoisotopic (exact) mass is 336 g/mol. The van der Waals surface area contributed by atoms with Gasteiger partial charge >= 0.3 is 0 Å². The maximum Gasteiger partial charge on any atom is 0.241 e. The highest BCUT2D eigenvalue weighted by atomic mass is 32.2. The van der Waals surface area contributed by atoms with Crippen molar-refractivity contribution in [3.8, 4) is 0 Å². The maximum absolute atomic E-state index is 12.9. The fourth-order valence-corrected chi connectivity index (χ4v) is 3.28. The topological polar surface area (TPSA) is 75.3 Å². The third-order valence-corrected chi connectivity index (χ3v) is 4.75. The largest absolute Gasteiger partial charge is 0.358 e. The summed E-state index contributed by atoms with van der Waals surface area (Å²) in [5, 5.41) is 2.44. The number of amides is 1. The molecular formula is C16H17FN2O3S. The van der Waals surface area contributed by atoms with E-state index < -0.39 is 27.8 Å². The Morgan fingerprint density at radius 2 is 1.70 bits per heavy atom. The van der Waals surface area contributed by atoms with Gasteiger partial charge in [-0.25, -0.2) is 12.8 Å². The van der Waals surface area contributed by atoms with E-state index in [2.05, 4.69) is 10.0 Å². The molecule has 0 aliphatic rings. The Morgan fingerprint density at radius 1 is 1.09 bits per heavy atom. The summed E-state index contributed by atoms with van der Waals surface area (Å²) in [5.41, 5.74) is 0.822. The van der Waals surface area contributed by atoms with Crippen molar-refractivity contribution in [2.24, 2.45) is 0 Å². The van der Waals surface area contributed by atoms with E-state index in [9.17, 15) is 17.6 Å². The Morgan fingerprint density at radius 3 is 2.26 bits per heavy atom. The van der Waals surface area contributed by atoms with Crippen molar-refractivity contribution in [2.45, 2.75) is 17.4 Å². The van der Waals surface area contributed by atoms with Gasteiger partial charge in [0.1, 0.15) is 11.9 Å².